The standard InChI is InChI=1S/C16H15ClN2O/c1-11-7-12(9-18)3-4-13(11)10-19-15-8-14(17)5-6-16(15)20-2/h3-8,19H,10H2,1-2H3. The lowest BCUT2D eigenvalue weighted by molar-refractivity contribution is 0.416. The summed E-state index contributed by atoms with van der Waals surface area (Å²) in [5.74, 6) is 0.751. The highest BCUT2D eigenvalue weighted by molar-refractivity contribution is 6.30. The fraction of sp³-hybridized carbons (Fsp3) is 0.188. The van der Waals surface area contributed by atoms with E-state index in [2.05, 4.69) is 11.4 Å². The van der Waals surface area contributed by atoms with Crippen LogP contribution in [0.3, 0.4) is 0 Å². The fourth-order valence-corrected chi connectivity index (χ4v) is 2.14. The van der Waals surface area contributed by atoms with Crippen LogP contribution in [0.25, 0.3) is 0 Å². The van der Waals surface area contributed by atoms with Gasteiger partial charge in [-0.3, -0.25) is 0 Å². The maximum atomic E-state index is 8.86. The largest absolute Gasteiger partial charge is 0.495 e. The normalized spacial score (nSPS) is 9.90. The van der Waals surface area contributed by atoms with E-state index in [1.54, 1.807) is 13.2 Å². The summed E-state index contributed by atoms with van der Waals surface area (Å²) < 4.78 is 5.29. The number of nitrogens with zero attached hydrogens (tertiary/aromatic N) is 1. The SMILES string of the molecule is COc1ccc(Cl)cc1NCc1ccc(C#N)cc1C. The number of hydrogen-bond donors (Lipinski definition) is 1. The molecule has 0 aliphatic rings. The molecule has 20 heavy (non-hydrogen) atoms. The summed E-state index contributed by atoms with van der Waals surface area (Å²) in [5.41, 5.74) is 3.74. The number of methoxy groups -OCH3 is 1. The Kier molecular flexibility index (Phi) is 4.49. The van der Waals surface area contributed by atoms with E-state index in [4.69, 9.17) is 21.6 Å². The number of rotatable bonds is 4. The van der Waals surface area contributed by atoms with Crippen molar-refractivity contribution in [2.75, 3.05) is 12.4 Å². The number of hydrogen-bond acceptors (Lipinski definition) is 3. The summed E-state index contributed by atoms with van der Waals surface area (Å²) in [6.07, 6.45) is 0. The molecule has 1 N–H and O–H groups in total. The molecule has 2 rings (SSSR count). The summed E-state index contributed by atoms with van der Waals surface area (Å²) in [5, 5.41) is 12.8. The van der Waals surface area contributed by atoms with Crippen molar-refractivity contribution in [2.45, 2.75) is 13.5 Å². The predicted octanol–water partition coefficient (Wildman–Crippen LogP) is 4.14. The quantitative estimate of drug-likeness (QED) is 0.919. The minimum Gasteiger partial charge on any atom is -0.495 e. The van der Waals surface area contributed by atoms with Gasteiger partial charge in [0.1, 0.15) is 5.75 Å². The van der Waals surface area contributed by atoms with Crippen molar-refractivity contribution in [2.24, 2.45) is 0 Å². The zero-order valence-corrected chi connectivity index (χ0v) is 12.2. The molecule has 0 spiro atoms. The lowest BCUT2D eigenvalue weighted by atomic mass is 10.1. The molecule has 0 aliphatic heterocycles. The number of ether oxygens (including phenoxy) is 1. The third kappa shape index (κ3) is 3.23. The van der Waals surface area contributed by atoms with Crippen LogP contribution < -0.4 is 10.1 Å². The van der Waals surface area contributed by atoms with Crippen LogP contribution in [-0.4, -0.2) is 7.11 Å². The number of halogens is 1. The van der Waals surface area contributed by atoms with Crippen molar-refractivity contribution in [1.82, 2.24) is 0 Å². The van der Waals surface area contributed by atoms with Gasteiger partial charge in [-0.25, -0.2) is 0 Å². The first-order valence-electron chi connectivity index (χ1n) is 6.21. The van der Waals surface area contributed by atoms with E-state index < -0.39 is 0 Å². The Bertz CT molecular complexity index is 662. The minimum atomic E-state index is 0.647. The zero-order chi connectivity index (χ0) is 14.5. The molecule has 4 heteroatoms. The molecular weight excluding hydrogens is 272 g/mol. The lowest BCUT2D eigenvalue weighted by Crippen LogP contribution is -2.03. The lowest BCUT2D eigenvalue weighted by Gasteiger charge is -2.13. The highest BCUT2D eigenvalue weighted by Crippen LogP contribution is 2.28. The van der Waals surface area contributed by atoms with E-state index in [1.165, 1.54) is 0 Å². The molecule has 3 nitrogen and oxygen atoms in total. The van der Waals surface area contributed by atoms with E-state index in [0.29, 0.717) is 17.1 Å². The molecule has 0 fully saturated rings. The van der Waals surface area contributed by atoms with Gasteiger partial charge >= 0.3 is 0 Å². The Balaban J connectivity index is 2.17. The number of nitriles is 1. The van der Waals surface area contributed by atoms with Crippen LogP contribution in [0.4, 0.5) is 5.69 Å². The smallest absolute Gasteiger partial charge is 0.142 e. The predicted molar refractivity (Wildman–Crippen MR) is 81.2 cm³/mol. The van der Waals surface area contributed by atoms with Crippen molar-refractivity contribution < 1.29 is 4.74 Å². The molecule has 0 unspecified atom stereocenters. The molecule has 0 saturated carbocycles. The number of benzene rings is 2. The highest BCUT2D eigenvalue weighted by Gasteiger charge is 2.05. The second-order valence-corrected chi connectivity index (χ2v) is 4.89. The van der Waals surface area contributed by atoms with Gasteiger partial charge in [-0.1, -0.05) is 17.7 Å². The third-order valence-electron chi connectivity index (χ3n) is 3.10. The van der Waals surface area contributed by atoms with Crippen molar-refractivity contribution in [1.29, 1.82) is 5.26 Å². The monoisotopic (exact) mass is 286 g/mol. The Morgan fingerprint density at radius 2 is 2.05 bits per heavy atom. The third-order valence-corrected chi connectivity index (χ3v) is 3.34. The zero-order valence-electron chi connectivity index (χ0n) is 11.4. The minimum absolute atomic E-state index is 0.647. The van der Waals surface area contributed by atoms with Gasteiger partial charge in [-0.2, -0.15) is 5.26 Å². The maximum absolute atomic E-state index is 8.86. The first kappa shape index (κ1) is 14.2. The molecule has 0 radical (unpaired) electrons. The van der Waals surface area contributed by atoms with Gasteiger partial charge in [0, 0.05) is 11.6 Å². The van der Waals surface area contributed by atoms with Crippen molar-refractivity contribution in [3.63, 3.8) is 0 Å². The molecule has 0 atom stereocenters. The number of aryl methyl sites for hydroxylation is 1. The maximum Gasteiger partial charge on any atom is 0.142 e. The van der Waals surface area contributed by atoms with Crippen molar-refractivity contribution in [3.05, 3.63) is 58.1 Å². The van der Waals surface area contributed by atoms with Crippen LogP contribution in [-0.2, 0) is 6.54 Å². The average Bonchev–Trinajstić information content (AvgIpc) is 2.46. The summed E-state index contributed by atoms with van der Waals surface area (Å²) in [6.45, 7) is 2.64. The van der Waals surface area contributed by atoms with Gasteiger partial charge in [0.05, 0.1) is 24.4 Å². The Hall–Kier alpha value is -2.18. The van der Waals surface area contributed by atoms with Gasteiger partial charge < -0.3 is 10.1 Å². The topological polar surface area (TPSA) is 45.0 Å². The van der Waals surface area contributed by atoms with E-state index in [1.807, 2.05) is 37.3 Å². The Labute approximate surface area is 123 Å². The molecule has 0 bridgehead atoms. The van der Waals surface area contributed by atoms with Crippen LogP contribution in [0.5, 0.6) is 5.75 Å². The van der Waals surface area contributed by atoms with Gasteiger partial charge in [0.15, 0.2) is 0 Å². The Morgan fingerprint density at radius 1 is 1.25 bits per heavy atom. The van der Waals surface area contributed by atoms with Gasteiger partial charge in [0.2, 0.25) is 0 Å². The molecule has 0 aliphatic carbocycles. The highest BCUT2D eigenvalue weighted by atomic mass is 35.5. The second kappa shape index (κ2) is 6.31. The summed E-state index contributed by atoms with van der Waals surface area (Å²) in [6, 6.07) is 13.2. The van der Waals surface area contributed by atoms with Crippen LogP contribution in [0.15, 0.2) is 36.4 Å². The second-order valence-electron chi connectivity index (χ2n) is 4.45. The first-order chi connectivity index (χ1) is 9.63. The molecular formula is C16H15ClN2O. The van der Waals surface area contributed by atoms with Gasteiger partial charge in [0.25, 0.3) is 0 Å². The number of nitrogens with one attached hydrogen (secondary N) is 1. The number of anilines is 1. The molecule has 0 heterocycles. The van der Waals surface area contributed by atoms with E-state index in [0.717, 1.165) is 22.6 Å². The molecule has 2 aromatic rings. The first-order valence-corrected chi connectivity index (χ1v) is 6.59. The van der Waals surface area contributed by atoms with E-state index in [-0.39, 0.29) is 0 Å². The van der Waals surface area contributed by atoms with Crippen LogP contribution >= 0.6 is 11.6 Å². The summed E-state index contributed by atoms with van der Waals surface area (Å²) in [7, 11) is 1.63. The van der Waals surface area contributed by atoms with Gasteiger partial charge in [-0.15, -0.1) is 0 Å². The van der Waals surface area contributed by atoms with Crippen molar-refractivity contribution in [3.8, 4) is 11.8 Å². The fourth-order valence-electron chi connectivity index (χ4n) is 1.97. The average molecular weight is 287 g/mol. The van der Waals surface area contributed by atoms with E-state index in [9.17, 15) is 0 Å². The Morgan fingerprint density at radius 3 is 2.70 bits per heavy atom. The molecule has 0 saturated heterocycles. The molecule has 0 amide bonds. The van der Waals surface area contributed by atoms with Crippen LogP contribution in [0.2, 0.25) is 5.02 Å². The van der Waals surface area contributed by atoms with Crippen LogP contribution in [0, 0.1) is 18.3 Å². The van der Waals surface area contributed by atoms with Crippen molar-refractivity contribution >= 4 is 17.3 Å². The molecule has 102 valence electrons. The molecule has 2 aromatic carbocycles. The molecule has 0 aromatic heterocycles. The van der Waals surface area contributed by atoms with Gasteiger partial charge in [-0.05, 0) is 48.4 Å². The van der Waals surface area contributed by atoms with Crippen LogP contribution in [0.1, 0.15) is 16.7 Å². The van der Waals surface area contributed by atoms with E-state index >= 15 is 0 Å². The summed E-state index contributed by atoms with van der Waals surface area (Å²) >= 11 is 5.99. The summed E-state index contributed by atoms with van der Waals surface area (Å²) in [4.78, 5) is 0.